The Morgan fingerprint density at radius 1 is 1.09 bits per heavy atom. The van der Waals surface area contributed by atoms with Gasteiger partial charge in [-0.3, -0.25) is 25.0 Å². The zero-order valence-corrected chi connectivity index (χ0v) is 20.2. The van der Waals surface area contributed by atoms with Gasteiger partial charge in [-0.1, -0.05) is 44.2 Å². The first-order valence-electron chi connectivity index (χ1n) is 10.4. The molecule has 0 saturated carbocycles. The molecule has 0 radical (unpaired) electrons. The maximum atomic E-state index is 12.7. The molecule has 0 aliphatic carbocycles. The first-order chi connectivity index (χ1) is 16.1. The number of nitrogens with zero attached hydrogens (tertiary/aromatic N) is 2. The van der Waals surface area contributed by atoms with E-state index in [1.165, 1.54) is 6.07 Å². The van der Waals surface area contributed by atoms with Crippen molar-refractivity contribution in [3.63, 3.8) is 0 Å². The van der Waals surface area contributed by atoms with Crippen molar-refractivity contribution in [2.45, 2.75) is 39.3 Å². The fourth-order valence-corrected chi connectivity index (χ4v) is 3.70. The van der Waals surface area contributed by atoms with Crippen molar-refractivity contribution >= 4 is 39.3 Å². The summed E-state index contributed by atoms with van der Waals surface area (Å²) >= 11 is 3.11. The molecule has 0 spiro atoms. The molecule has 34 heavy (non-hydrogen) atoms. The number of amides is 2. The summed E-state index contributed by atoms with van der Waals surface area (Å²) in [6.45, 7) is 3.90. The minimum atomic E-state index is -0.855. The molecule has 0 unspecified atom stereocenters. The predicted octanol–water partition coefficient (Wildman–Crippen LogP) is 4.27. The molecular weight excluding hydrogens is 512 g/mol. The number of nitro groups is 2. The summed E-state index contributed by atoms with van der Waals surface area (Å²) in [7, 11) is 0. The maximum Gasteiger partial charge on any atom is 0.408 e. The van der Waals surface area contributed by atoms with Crippen LogP contribution in [0.2, 0.25) is 0 Å². The largest absolute Gasteiger partial charge is 0.445 e. The first-order valence-corrected chi connectivity index (χ1v) is 11.2. The Labute approximate surface area is 204 Å². The normalized spacial score (nSPS) is 11.5. The van der Waals surface area contributed by atoms with Crippen LogP contribution in [0.5, 0.6) is 0 Å². The predicted molar refractivity (Wildman–Crippen MR) is 127 cm³/mol. The van der Waals surface area contributed by atoms with Crippen molar-refractivity contribution in [1.82, 2.24) is 10.6 Å². The van der Waals surface area contributed by atoms with Crippen LogP contribution in [0.3, 0.4) is 0 Å². The lowest BCUT2D eigenvalue weighted by Gasteiger charge is -2.20. The number of non-ortho nitro benzene ring substituents is 1. The third kappa shape index (κ3) is 8.10. The van der Waals surface area contributed by atoms with Gasteiger partial charge in [0.05, 0.1) is 20.4 Å². The Morgan fingerprint density at radius 3 is 2.35 bits per heavy atom. The standard InChI is InChI=1S/C22H25BrN4O7/c1-14(2)10-18(25-22(29)34-13-15-6-4-3-5-7-15)21(28)24-9-8-16-11-17(26(30)31)12-19(20(16)23)27(32)33/h3-7,11-12,14,18H,8-10,13H2,1-2H3,(H,24,28)(H,25,29)/t18-/m0/s1. The van der Waals surface area contributed by atoms with Crippen LogP contribution < -0.4 is 10.6 Å². The van der Waals surface area contributed by atoms with E-state index in [4.69, 9.17) is 4.74 Å². The third-order valence-electron chi connectivity index (χ3n) is 4.74. The second-order valence-corrected chi connectivity index (χ2v) is 8.67. The molecule has 0 aliphatic heterocycles. The van der Waals surface area contributed by atoms with Gasteiger partial charge in [0.25, 0.3) is 11.4 Å². The Kier molecular flexibility index (Phi) is 9.92. The summed E-state index contributed by atoms with van der Waals surface area (Å²) < 4.78 is 5.30. The Balaban J connectivity index is 2.00. The van der Waals surface area contributed by atoms with Crippen LogP contribution in [0.1, 0.15) is 31.4 Å². The van der Waals surface area contributed by atoms with Gasteiger partial charge in [0, 0.05) is 12.6 Å². The zero-order valence-electron chi connectivity index (χ0n) is 18.7. The van der Waals surface area contributed by atoms with E-state index in [9.17, 15) is 29.8 Å². The van der Waals surface area contributed by atoms with Gasteiger partial charge in [0.15, 0.2) is 0 Å². The monoisotopic (exact) mass is 536 g/mol. The molecular formula is C22H25BrN4O7. The molecule has 0 aromatic heterocycles. The minimum Gasteiger partial charge on any atom is -0.445 e. The quantitative estimate of drug-likeness (QED) is 0.321. The van der Waals surface area contributed by atoms with E-state index in [1.807, 2.05) is 44.2 Å². The van der Waals surface area contributed by atoms with Gasteiger partial charge in [-0.2, -0.15) is 0 Å². The van der Waals surface area contributed by atoms with Crippen LogP contribution in [0.25, 0.3) is 0 Å². The average Bonchev–Trinajstić information content (AvgIpc) is 2.78. The smallest absolute Gasteiger partial charge is 0.408 e. The molecule has 0 bridgehead atoms. The van der Waals surface area contributed by atoms with Gasteiger partial charge in [0.1, 0.15) is 12.6 Å². The number of hydrogen-bond donors (Lipinski definition) is 2. The van der Waals surface area contributed by atoms with Crippen molar-refractivity contribution in [2.75, 3.05) is 6.54 Å². The van der Waals surface area contributed by atoms with Crippen LogP contribution >= 0.6 is 15.9 Å². The molecule has 0 fully saturated rings. The Hall–Kier alpha value is -3.54. The molecule has 0 saturated heterocycles. The molecule has 2 N–H and O–H groups in total. The third-order valence-corrected chi connectivity index (χ3v) is 5.66. The van der Waals surface area contributed by atoms with Crippen LogP contribution in [0.15, 0.2) is 46.9 Å². The van der Waals surface area contributed by atoms with E-state index in [1.54, 1.807) is 0 Å². The van der Waals surface area contributed by atoms with Gasteiger partial charge < -0.3 is 15.4 Å². The molecule has 0 aliphatic rings. The van der Waals surface area contributed by atoms with E-state index in [0.29, 0.717) is 12.0 Å². The fourth-order valence-electron chi connectivity index (χ4n) is 3.13. The number of ether oxygens (including phenoxy) is 1. The van der Waals surface area contributed by atoms with Crippen LogP contribution in [0, 0.1) is 26.1 Å². The van der Waals surface area contributed by atoms with E-state index in [0.717, 1.165) is 11.6 Å². The number of benzene rings is 2. The molecule has 2 aromatic rings. The van der Waals surface area contributed by atoms with E-state index in [-0.39, 0.29) is 30.0 Å². The molecule has 0 heterocycles. The highest BCUT2D eigenvalue weighted by atomic mass is 79.9. The van der Waals surface area contributed by atoms with Crippen molar-refractivity contribution in [3.8, 4) is 0 Å². The number of nitro benzene ring substituents is 2. The fraction of sp³-hybridized carbons (Fsp3) is 0.364. The van der Waals surface area contributed by atoms with Crippen LogP contribution in [-0.4, -0.2) is 34.4 Å². The van der Waals surface area contributed by atoms with Gasteiger partial charge in [-0.25, -0.2) is 4.79 Å². The molecule has 2 aromatic carbocycles. The summed E-state index contributed by atoms with van der Waals surface area (Å²) in [4.78, 5) is 45.8. The molecule has 182 valence electrons. The summed E-state index contributed by atoms with van der Waals surface area (Å²) in [5.74, 6) is -0.361. The minimum absolute atomic E-state index is 0.0467. The molecule has 11 nitrogen and oxygen atoms in total. The number of carbonyl (C=O) groups excluding carboxylic acids is 2. The SMILES string of the molecule is CC(C)C[C@H](NC(=O)OCc1ccccc1)C(=O)NCCc1cc([N+](=O)[O-])cc([N+](=O)[O-])c1Br. The Morgan fingerprint density at radius 2 is 1.76 bits per heavy atom. The van der Waals surface area contributed by atoms with Crippen LogP contribution in [0.4, 0.5) is 16.2 Å². The number of alkyl carbamates (subject to hydrolysis) is 1. The Bertz CT molecular complexity index is 1050. The lowest BCUT2D eigenvalue weighted by molar-refractivity contribution is -0.394. The lowest BCUT2D eigenvalue weighted by atomic mass is 10.0. The van der Waals surface area contributed by atoms with Gasteiger partial charge >= 0.3 is 6.09 Å². The van der Waals surface area contributed by atoms with Crippen molar-refractivity contribution in [1.29, 1.82) is 0 Å². The highest BCUT2D eigenvalue weighted by Gasteiger charge is 2.24. The second-order valence-electron chi connectivity index (χ2n) is 7.88. The van der Waals surface area contributed by atoms with Crippen molar-refractivity contribution in [2.24, 2.45) is 5.92 Å². The first kappa shape index (κ1) is 26.7. The van der Waals surface area contributed by atoms with Gasteiger partial charge in [-0.05, 0) is 45.8 Å². The molecule has 2 rings (SSSR count). The second kappa shape index (κ2) is 12.6. The average molecular weight is 537 g/mol. The lowest BCUT2D eigenvalue weighted by Crippen LogP contribution is -2.48. The molecule has 12 heteroatoms. The highest BCUT2D eigenvalue weighted by molar-refractivity contribution is 9.10. The van der Waals surface area contributed by atoms with E-state index >= 15 is 0 Å². The van der Waals surface area contributed by atoms with Gasteiger partial charge in [0.2, 0.25) is 5.91 Å². The number of nitrogens with one attached hydrogen (secondary N) is 2. The number of rotatable bonds is 11. The number of carbonyl (C=O) groups is 2. The number of hydrogen-bond acceptors (Lipinski definition) is 7. The highest BCUT2D eigenvalue weighted by Crippen LogP contribution is 2.33. The molecule has 2 amide bonds. The number of halogens is 1. The van der Waals surface area contributed by atoms with E-state index < -0.39 is 39.3 Å². The zero-order chi connectivity index (χ0) is 25.3. The van der Waals surface area contributed by atoms with E-state index in [2.05, 4.69) is 26.6 Å². The van der Waals surface area contributed by atoms with Crippen molar-refractivity contribution < 1.29 is 24.2 Å². The van der Waals surface area contributed by atoms with Gasteiger partial charge in [-0.15, -0.1) is 0 Å². The summed E-state index contributed by atoms with van der Waals surface area (Å²) in [6.07, 6.45) is -0.276. The molecule has 1 atom stereocenters. The van der Waals surface area contributed by atoms with Crippen molar-refractivity contribution in [3.05, 3.63) is 78.3 Å². The summed E-state index contributed by atoms with van der Waals surface area (Å²) in [5, 5.41) is 27.5. The maximum absolute atomic E-state index is 12.7. The van der Waals surface area contributed by atoms with Crippen LogP contribution in [-0.2, 0) is 22.6 Å². The summed E-state index contributed by atoms with van der Waals surface area (Å²) in [5.41, 5.74) is 0.253. The summed E-state index contributed by atoms with van der Waals surface area (Å²) in [6, 6.07) is 10.3. The topological polar surface area (TPSA) is 154 Å².